The number of nitrogens with zero attached hydrogens (tertiary/aromatic N) is 2. The number of morpholine rings is 1. The molecule has 3 rings (SSSR count). The Kier molecular flexibility index (Phi) is 5.41. The largest absolute Gasteiger partial charge is 0.485 e. The molecular weight excluding hydrogens is 316 g/mol. The third-order valence-corrected chi connectivity index (χ3v) is 4.76. The van der Waals surface area contributed by atoms with Crippen LogP contribution in [0.5, 0.6) is 5.75 Å². The molecule has 0 aromatic heterocycles. The topological polar surface area (TPSA) is 42.0 Å². The van der Waals surface area contributed by atoms with Gasteiger partial charge in [0.25, 0.3) is 0 Å². The number of hydrogen-bond donors (Lipinski definition) is 0. The van der Waals surface area contributed by atoms with Crippen molar-refractivity contribution in [3.8, 4) is 5.75 Å². The van der Waals surface area contributed by atoms with Gasteiger partial charge in [0.1, 0.15) is 11.9 Å². The first kappa shape index (κ1) is 16.6. The molecule has 1 aromatic rings. The van der Waals surface area contributed by atoms with E-state index in [9.17, 15) is 4.79 Å². The lowest BCUT2D eigenvalue weighted by Gasteiger charge is -2.43. The van der Waals surface area contributed by atoms with E-state index in [1.807, 2.05) is 29.2 Å². The number of carbonyl (C=O) groups excluding carboxylic acids is 1. The summed E-state index contributed by atoms with van der Waals surface area (Å²) in [5.74, 6) is 0.889. The molecule has 1 amide bonds. The average Bonchev–Trinajstić information content (AvgIpc) is 2.53. The smallest absolute Gasteiger partial charge is 0.240 e. The first-order chi connectivity index (χ1) is 11.2. The molecule has 1 atom stereocenters. The van der Waals surface area contributed by atoms with E-state index >= 15 is 0 Å². The molecule has 2 aliphatic rings. The minimum Gasteiger partial charge on any atom is -0.485 e. The molecule has 0 bridgehead atoms. The van der Waals surface area contributed by atoms with Gasteiger partial charge in [-0.2, -0.15) is 0 Å². The first-order valence-electron chi connectivity index (χ1n) is 8.20. The summed E-state index contributed by atoms with van der Waals surface area (Å²) in [5, 5.41) is 0.608. The Balaban J connectivity index is 1.51. The molecule has 23 heavy (non-hydrogen) atoms. The van der Waals surface area contributed by atoms with Gasteiger partial charge in [-0.3, -0.25) is 9.69 Å². The van der Waals surface area contributed by atoms with Gasteiger partial charge < -0.3 is 14.4 Å². The molecule has 1 aromatic carbocycles. The Bertz CT molecular complexity index is 542. The summed E-state index contributed by atoms with van der Waals surface area (Å²) < 4.78 is 11.2. The summed E-state index contributed by atoms with van der Waals surface area (Å²) >= 11 is 6.10. The standard InChI is InChI=1S/C17H23ClN2O3/c1-2-15(19-7-9-22-10-8-19)17(21)20-11-13(12-20)23-16-6-4-3-5-14(16)18/h3-6,13,15H,2,7-12H2,1H3/t15-/m0/s1. The number of halogens is 1. The Hall–Kier alpha value is -1.30. The number of benzene rings is 1. The van der Waals surface area contributed by atoms with Gasteiger partial charge in [-0.05, 0) is 18.6 Å². The Morgan fingerprint density at radius 1 is 1.35 bits per heavy atom. The SMILES string of the molecule is CC[C@@H](C(=O)N1CC(Oc2ccccc2Cl)C1)N1CCOCC1. The second kappa shape index (κ2) is 7.51. The first-order valence-corrected chi connectivity index (χ1v) is 8.58. The fraction of sp³-hybridized carbons (Fsp3) is 0.588. The summed E-state index contributed by atoms with van der Waals surface area (Å²) in [6.07, 6.45) is 0.854. The van der Waals surface area contributed by atoms with E-state index in [0.29, 0.717) is 37.1 Å². The number of likely N-dealkylation sites (tertiary alicyclic amines) is 1. The van der Waals surface area contributed by atoms with Crippen LogP contribution in [0.15, 0.2) is 24.3 Å². The van der Waals surface area contributed by atoms with Crippen molar-refractivity contribution in [2.75, 3.05) is 39.4 Å². The molecule has 2 heterocycles. The highest BCUT2D eigenvalue weighted by Gasteiger charge is 2.37. The molecule has 0 saturated carbocycles. The highest BCUT2D eigenvalue weighted by atomic mass is 35.5. The fourth-order valence-corrected chi connectivity index (χ4v) is 3.28. The summed E-state index contributed by atoms with van der Waals surface area (Å²) in [4.78, 5) is 16.8. The Morgan fingerprint density at radius 3 is 2.70 bits per heavy atom. The second-order valence-electron chi connectivity index (χ2n) is 5.99. The van der Waals surface area contributed by atoms with E-state index < -0.39 is 0 Å². The summed E-state index contributed by atoms with van der Waals surface area (Å²) in [7, 11) is 0. The molecule has 0 spiro atoms. The van der Waals surface area contributed by atoms with Crippen molar-refractivity contribution >= 4 is 17.5 Å². The molecule has 126 valence electrons. The number of carbonyl (C=O) groups is 1. The maximum Gasteiger partial charge on any atom is 0.240 e. The zero-order chi connectivity index (χ0) is 16.2. The number of ether oxygens (including phenoxy) is 2. The van der Waals surface area contributed by atoms with Gasteiger partial charge in [-0.25, -0.2) is 0 Å². The molecule has 2 saturated heterocycles. The fourth-order valence-electron chi connectivity index (χ4n) is 3.10. The maximum atomic E-state index is 12.7. The normalized spacial score (nSPS) is 20.9. The second-order valence-corrected chi connectivity index (χ2v) is 6.39. The van der Waals surface area contributed by atoms with Gasteiger partial charge >= 0.3 is 0 Å². The van der Waals surface area contributed by atoms with Gasteiger partial charge in [-0.1, -0.05) is 30.7 Å². The van der Waals surface area contributed by atoms with E-state index in [4.69, 9.17) is 21.1 Å². The molecule has 6 heteroatoms. The van der Waals surface area contributed by atoms with E-state index in [2.05, 4.69) is 11.8 Å². The Morgan fingerprint density at radius 2 is 2.04 bits per heavy atom. The van der Waals surface area contributed by atoms with Crippen LogP contribution >= 0.6 is 11.6 Å². The van der Waals surface area contributed by atoms with Crippen molar-refractivity contribution in [2.24, 2.45) is 0 Å². The van der Waals surface area contributed by atoms with Gasteiger partial charge in [-0.15, -0.1) is 0 Å². The Labute approximate surface area is 142 Å². The number of para-hydroxylation sites is 1. The molecule has 0 unspecified atom stereocenters. The van der Waals surface area contributed by atoms with Crippen LogP contribution in [0.4, 0.5) is 0 Å². The predicted molar refractivity (Wildman–Crippen MR) is 88.9 cm³/mol. The van der Waals surface area contributed by atoms with Crippen LogP contribution < -0.4 is 4.74 Å². The monoisotopic (exact) mass is 338 g/mol. The molecule has 2 fully saturated rings. The molecular formula is C17H23ClN2O3. The van der Waals surface area contributed by atoms with Crippen molar-refractivity contribution in [2.45, 2.75) is 25.5 Å². The number of rotatable bonds is 5. The zero-order valence-corrected chi connectivity index (χ0v) is 14.2. The third-order valence-electron chi connectivity index (χ3n) is 4.45. The molecule has 0 radical (unpaired) electrons. The molecule has 5 nitrogen and oxygen atoms in total. The summed E-state index contributed by atoms with van der Waals surface area (Å²) in [6, 6.07) is 7.40. The van der Waals surface area contributed by atoms with Crippen LogP contribution in [0.1, 0.15) is 13.3 Å². The van der Waals surface area contributed by atoms with Crippen LogP contribution in [-0.2, 0) is 9.53 Å². The number of hydrogen-bond acceptors (Lipinski definition) is 4. The lowest BCUT2D eigenvalue weighted by Crippen LogP contribution is -2.61. The van der Waals surface area contributed by atoms with Crippen LogP contribution in [0, 0.1) is 0 Å². The van der Waals surface area contributed by atoms with E-state index in [0.717, 1.165) is 19.5 Å². The quantitative estimate of drug-likeness (QED) is 0.824. The lowest BCUT2D eigenvalue weighted by atomic mass is 10.1. The van der Waals surface area contributed by atoms with Crippen LogP contribution in [0.3, 0.4) is 0 Å². The average molecular weight is 339 g/mol. The summed E-state index contributed by atoms with van der Waals surface area (Å²) in [5.41, 5.74) is 0. The maximum absolute atomic E-state index is 12.7. The van der Waals surface area contributed by atoms with Crippen molar-refractivity contribution in [3.63, 3.8) is 0 Å². The number of amides is 1. The zero-order valence-electron chi connectivity index (χ0n) is 13.4. The van der Waals surface area contributed by atoms with Gasteiger partial charge in [0.2, 0.25) is 5.91 Å². The highest BCUT2D eigenvalue weighted by Crippen LogP contribution is 2.27. The van der Waals surface area contributed by atoms with Gasteiger partial charge in [0.05, 0.1) is 37.4 Å². The van der Waals surface area contributed by atoms with Crippen molar-refractivity contribution in [1.29, 1.82) is 0 Å². The predicted octanol–water partition coefficient (Wildman–Crippen LogP) is 2.04. The third kappa shape index (κ3) is 3.79. The van der Waals surface area contributed by atoms with Crippen LogP contribution in [-0.4, -0.2) is 67.2 Å². The van der Waals surface area contributed by atoms with Gasteiger partial charge in [0.15, 0.2) is 0 Å². The van der Waals surface area contributed by atoms with Gasteiger partial charge in [0, 0.05) is 13.1 Å². The van der Waals surface area contributed by atoms with Crippen LogP contribution in [0.25, 0.3) is 0 Å². The molecule has 0 N–H and O–H groups in total. The van der Waals surface area contributed by atoms with E-state index in [-0.39, 0.29) is 18.1 Å². The van der Waals surface area contributed by atoms with Crippen molar-refractivity contribution in [3.05, 3.63) is 29.3 Å². The molecule has 2 aliphatic heterocycles. The van der Waals surface area contributed by atoms with Crippen molar-refractivity contribution in [1.82, 2.24) is 9.80 Å². The van der Waals surface area contributed by atoms with E-state index in [1.165, 1.54) is 0 Å². The van der Waals surface area contributed by atoms with E-state index in [1.54, 1.807) is 0 Å². The summed E-state index contributed by atoms with van der Waals surface area (Å²) in [6.45, 7) is 6.41. The minimum atomic E-state index is -0.0415. The highest BCUT2D eigenvalue weighted by molar-refractivity contribution is 6.32. The lowest BCUT2D eigenvalue weighted by molar-refractivity contribution is -0.147. The van der Waals surface area contributed by atoms with Crippen molar-refractivity contribution < 1.29 is 14.3 Å². The minimum absolute atomic E-state index is 0.0287. The molecule has 0 aliphatic carbocycles. The van der Waals surface area contributed by atoms with Crippen LogP contribution in [0.2, 0.25) is 5.02 Å².